The molecule has 0 aromatic carbocycles. The van der Waals surface area contributed by atoms with Crippen LogP contribution in [-0.2, 0) is 4.79 Å². The van der Waals surface area contributed by atoms with Crippen LogP contribution in [0, 0.1) is 0 Å². The van der Waals surface area contributed by atoms with E-state index in [1.54, 1.807) is 20.8 Å². The summed E-state index contributed by atoms with van der Waals surface area (Å²) in [4.78, 5) is 44.9. The Kier molecular flexibility index (Phi) is 4.55. The van der Waals surface area contributed by atoms with Crippen LogP contribution < -0.4 is 0 Å². The van der Waals surface area contributed by atoms with Crippen LogP contribution in [0.2, 0.25) is 0 Å². The second-order valence-electron chi connectivity index (χ2n) is 5.90. The third kappa shape index (κ3) is 3.33. The molecule has 0 spiro atoms. The third-order valence-electron chi connectivity index (χ3n) is 4.38. The normalized spacial score (nSPS) is 18.2. The summed E-state index contributed by atoms with van der Waals surface area (Å²) < 4.78 is 0. The highest BCUT2D eigenvalue weighted by Crippen LogP contribution is 2.14. The van der Waals surface area contributed by atoms with Gasteiger partial charge in [-0.1, -0.05) is 0 Å². The fourth-order valence-electron chi connectivity index (χ4n) is 2.99. The molecule has 2 aliphatic rings. The molecule has 0 saturated carbocycles. The third-order valence-corrected chi connectivity index (χ3v) is 4.38. The second-order valence-corrected chi connectivity index (χ2v) is 5.90. The topological polar surface area (TPSA) is 73.8 Å². The van der Waals surface area contributed by atoms with Crippen LogP contribution in [-0.4, -0.2) is 77.2 Å². The molecule has 2 saturated heterocycles. The van der Waals surface area contributed by atoms with E-state index in [0.29, 0.717) is 37.3 Å². The van der Waals surface area contributed by atoms with E-state index in [1.807, 2.05) is 0 Å². The number of pyridine rings is 1. The van der Waals surface area contributed by atoms with Gasteiger partial charge in [0, 0.05) is 51.7 Å². The quantitative estimate of drug-likeness (QED) is 0.748. The Balaban J connectivity index is 1.70. The van der Waals surface area contributed by atoms with E-state index in [9.17, 15) is 14.4 Å². The fourth-order valence-corrected chi connectivity index (χ4v) is 2.99. The van der Waals surface area contributed by atoms with Crippen molar-refractivity contribution >= 4 is 18.2 Å². The van der Waals surface area contributed by atoms with Gasteiger partial charge < -0.3 is 14.7 Å². The summed E-state index contributed by atoms with van der Waals surface area (Å²) in [5.41, 5.74) is 0.888. The van der Waals surface area contributed by atoms with Crippen LogP contribution in [0.15, 0.2) is 18.5 Å². The van der Waals surface area contributed by atoms with Crippen molar-refractivity contribution in [1.82, 2.24) is 19.7 Å². The summed E-state index contributed by atoms with van der Waals surface area (Å²) in [6.45, 7) is 3.61. The van der Waals surface area contributed by atoms with E-state index in [-0.39, 0.29) is 11.8 Å². The van der Waals surface area contributed by atoms with Gasteiger partial charge in [-0.2, -0.15) is 0 Å². The van der Waals surface area contributed by atoms with Gasteiger partial charge in [0.05, 0.1) is 11.1 Å². The standard InChI is InChI=1S/C16H20N4O3/c21-12-18-5-7-20(8-6-18)16(23)14-9-13(10-17-11-14)15(22)19-3-1-2-4-19/h9-12H,1-8H2. The zero-order chi connectivity index (χ0) is 16.2. The first-order chi connectivity index (χ1) is 11.2. The molecule has 1 aromatic rings. The van der Waals surface area contributed by atoms with Crippen molar-refractivity contribution in [3.05, 3.63) is 29.6 Å². The van der Waals surface area contributed by atoms with Gasteiger partial charge in [-0.05, 0) is 18.9 Å². The molecule has 2 aliphatic heterocycles. The smallest absolute Gasteiger partial charge is 0.255 e. The summed E-state index contributed by atoms with van der Waals surface area (Å²) in [5.74, 6) is -0.199. The van der Waals surface area contributed by atoms with Gasteiger partial charge in [-0.25, -0.2) is 0 Å². The van der Waals surface area contributed by atoms with Crippen LogP contribution in [0.5, 0.6) is 0 Å². The Hall–Kier alpha value is -2.44. The number of rotatable bonds is 3. The summed E-state index contributed by atoms with van der Waals surface area (Å²) >= 11 is 0. The fraction of sp³-hybridized carbons (Fsp3) is 0.500. The summed E-state index contributed by atoms with van der Waals surface area (Å²) in [6, 6.07) is 1.63. The van der Waals surface area contributed by atoms with Gasteiger partial charge in [-0.15, -0.1) is 0 Å². The van der Waals surface area contributed by atoms with Gasteiger partial charge in [0.1, 0.15) is 0 Å². The summed E-state index contributed by atoms with van der Waals surface area (Å²) in [7, 11) is 0. The van der Waals surface area contributed by atoms with Crippen LogP contribution in [0.1, 0.15) is 33.6 Å². The van der Waals surface area contributed by atoms with E-state index in [2.05, 4.69) is 4.98 Å². The van der Waals surface area contributed by atoms with Crippen LogP contribution in [0.4, 0.5) is 0 Å². The first-order valence-corrected chi connectivity index (χ1v) is 7.92. The molecule has 0 bridgehead atoms. The van der Waals surface area contributed by atoms with Gasteiger partial charge in [0.2, 0.25) is 6.41 Å². The molecule has 23 heavy (non-hydrogen) atoms. The van der Waals surface area contributed by atoms with Crippen molar-refractivity contribution in [2.24, 2.45) is 0 Å². The zero-order valence-corrected chi connectivity index (χ0v) is 13.0. The molecule has 0 aliphatic carbocycles. The van der Waals surface area contributed by atoms with E-state index >= 15 is 0 Å². The van der Waals surface area contributed by atoms with E-state index in [1.165, 1.54) is 12.4 Å². The average molecular weight is 316 g/mol. The molecule has 0 N–H and O–H groups in total. The molecular formula is C16H20N4O3. The highest BCUT2D eigenvalue weighted by Gasteiger charge is 2.24. The number of hydrogen-bond donors (Lipinski definition) is 0. The van der Waals surface area contributed by atoms with Crippen molar-refractivity contribution in [3.8, 4) is 0 Å². The van der Waals surface area contributed by atoms with Crippen molar-refractivity contribution in [3.63, 3.8) is 0 Å². The van der Waals surface area contributed by atoms with E-state index in [0.717, 1.165) is 32.3 Å². The first kappa shape index (κ1) is 15.5. The molecule has 7 nitrogen and oxygen atoms in total. The van der Waals surface area contributed by atoms with E-state index in [4.69, 9.17) is 0 Å². The second kappa shape index (κ2) is 6.76. The largest absolute Gasteiger partial charge is 0.342 e. The van der Waals surface area contributed by atoms with Crippen LogP contribution >= 0.6 is 0 Å². The number of carbonyl (C=O) groups is 3. The zero-order valence-electron chi connectivity index (χ0n) is 13.0. The molecule has 122 valence electrons. The molecular weight excluding hydrogens is 296 g/mol. The lowest BCUT2D eigenvalue weighted by atomic mass is 10.1. The Bertz CT molecular complexity index is 605. The molecule has 0 radical (unpaired) electrons. The van der Waals surface area contributed by atoms with Crippen molar-refractivity contribution in [1.29, 1.82) is 0 Å². The van der Waals surface area contributed by atoms with E-state index < -0.39 is 0 Å². The number of likely N-dealkylation sites (tertiary alicyclic amines) is 1. The lowest BCUT2D eigenvalue weighted by Crippen LogP contribution is -2.48. The maximum Gasteiger partial charge on any atom is 0.255 e. The number of carbonyl (C=O) groups excluding carboxylic acids is 3. The number of piperazine rings is 1. The monoisotopic (exact) mass is 316 g/mol. The van der Waals surface area contributed by atoms with Gasteiger partial charge in [0.25, 0.3) is 11.8 Å². The molecule has 1 aromatic heterocycles. The van der Waals surface area contributed by atoms with Gasteiger partial charge in [0.15, 0.2) is 0 Å². The maximum atomic E-state index is 12.5. The molecule has 3 heterocycles. The predicted octanol–water partition coefficient (Wildman–Crippen LogP) is 0.232. The number of hydrogen-bond acceptors (Lipinski definition) is 4. The average Bonchev–Trinajstić information content (AvgIpc) is 3.15. The minimum absolute atomic E-state index is 0.0598. The molecule has 0 unspecified atom stereocenters. The van der Waals surface area contributed by atoms with Gasteiger partial charge >= 0.3 is 0 Å². The van der Waals surface area contributed by atoms with Crippen molar-refractivity contribution in [2.45, 2.75) is 12.8 Å². The Morgan fingerprint density at radius 1 is 0.870 bits per heavy atom. The summed E-state index contributed by atoms with van der Waals surface area (Å²) in [5, 5.41) is 0. The Morgan fingerprint density at radius 3 is 1.91 bits per heavy atom. The minimum Gasteiger partial charge on any atom is -0.342 e. The number of nitrogens with zero attached hydrogens (tertiary/aromatic N) is 4. The summed E-state index contributed by atoms with van der Waals surface area (Å²) in [6.07, 6.45) is 5.87. The SMILES string of the molecule is O=CN1CCN(C(=O)c2cncc(C(=O)N3CCCC3)c2)CC1. The number of aromatic nitrogens is 1. The predicted molar refractivity (Wildman–Crippen MR) is 82.9 cm³/mol. The minimum atomic E-state index is -0.140. The van der Waals surface area contributed by atoms with Gasteiger partial charge in [-0.3, -0.25) is 19.4 Å². The maximum absolute atomic E-state index is 12.5. The molecule has 3 rings (SSSR count). The van der Waals surface area contributed by atoms with Crippen LogP contribution in [0.3, 0.4) is 0 Å². The lowest BCUT2D eigenvalue weighted by molar-refractivity contribution is -0.119. The molecule has 0 atom stereocenters. The van der Waals surface area contributed by atoms with Crippen LogP contribution in [0.25, 0.3) is 0 Å². The number of amides is 3. The van der Waals surface area contributed by atoms with Crippen molar-refractivity contribution in [2.75, 3.05) is 39.3 Å². The Morgan fingerprint density at radius 2 is 1.39 bits per heavy atom. The Labute approximate surface area is 134 Å². The molecule has 2 fully saturated rings. The van der Waals surface area contributed by atoms with Crippen molar-refractivity contribution < 1.29 is 14.4 Å². The molecule has 7 heteroatoms. The first-order valence-electron chi connectivity index (χ1n) is 7.92. The molecule has 3 amide bonds. The lowest BCUT2D eigenvalue weighted by Gasteiger charge is -2.32. The highest BCUT2D eigenvalue weighted by atomic mass is 16.2. The highest BCUT2D eigenvalue weighted by molar-refractivity contribution is 5.99.